The fourth-order valence-electron chi connectivity index (χ4n) is 3.79. The Morgan fingerprint density at radius 3 is 2.67 bits per heavy atom. The van der Waals surface area contributed by atoms with E-state index in [2.05, 4.69) is 30.5 Å². The summed E-state index contributed by atoms with van der Waals surface area (Å²) in [6.07, 6.45) is 5.00. The lowest BCUT2D eigenvalue weighted by Crippen LogP contribution is -2.11. The molecule has 1 atom stereocenters. The standard InChI is InChI=1S/C22H18F2N8O/c1-11(22-28-27-19-5-4-17(12(2)30-33)29-32(19)22)20-16(23)7-18-15(21(20)24)6-13(8-25-18)14-9-26-31(3)10-14/h4-11,33H,1-3H3/b30-12+/t11-/m0/s1. The van der Waals surface area contributed by atoms with Gasteiger partial charge in [0.1, 0.15) is 23.0 Å². The van der Waals surface area contributed by atoms with Gasteiger partial charge in [0, 0.05) is 53.5 Å². The lowest BCUT2D eigenvalue weighted by atomic mass is 9.96. The van der Waals surface area contributed by atoms with Gasteiger partial charge in [0.15, 0.2) is 11.5 Å². The predicted molar refractivity (Wildman–Crippen MR) is 116 cm³/mol. The number of rotatable bonds is 4. The summed E-state index contributed by atoms with van der Waals surface area (Å²) in [4.78, 5) is 4.24. The largest absolute Gasteiger partial charge is 0.411 e. The van der Waals surface area contributed by atoms with Crippen molar-refractivity contribution in [2.24, 2.45) is 12.2 Å². The smallest absolute Gasteiger partial charge is 0.177 e. The molecular weight excluding hydrogens is 430 g/mol. The Morgan fingerprint density at radius 2 is 1.94 bits per heavy atom. The second-order valence-corrected chi connectivity index (χ2v) is 7.73. The van der Waals surface area contributed by atoms with Gasteiger partial charge in [-0.15, -0.1) is 10.2 Å². The van der Waals surface area contributed by atoms with Crippen molar-refractivity contribution >= 4 is 22.3 Å². The van der Waals surface area contributed by atoms with E-state index < -0.39 is 17.6 Å². The minimum atomic E-state index is -0.819. The maximum Gasteiger partial charge on any atom is 0.177 e. The van der Waals surface area contributed by atoms with Crippen molar-refractivity contribution < 1.29 is 14.0 Å². The summed E-state index contributed by atoms with van der Waals surface area (Å²) in [7, 11) is 1.78. The van der Waals surface area contributed by atoms with Gasteiger partial charge in [-0.25, -0.2) is 8.78 Å². The molecule has 33 heavy (non-hydrogen) atoms. The maximum absolute atomic E-state index is 15.7. The van der Waals surface area contributed by atoms with E-state index >= 15 is 8.78 Å². The van der Waals surface area contributed by atoms with Crippen molar-refractivity contribution in [1.29, 1.82) is 0 Å². The second-order valence-electron chi connectivity index (χ2n) is 7.73. The summed E-state index contributed by atoms with van der Waals surface area (Å²) >= 11 is 0. The molecule has 0 radical (unpaired) electrons. The first kappa shape index (κ1) is 20.6. The first-order valence-corrected chi connectivity index (χ1v) is 10.1. The molecule has 0 aliphatic heterocycles. The zero-order valence-corrected chi connectivity index (χ0v) is 17.9. The van der Waals surface area contributed by atoms with Crippen LogP contribution in [0.5, 0.6) is 0 Å². The molecule has 5 rings (SSSR count). The first-order valence-electron chi connectivity index (χ1n) is 10.1. The molecule has 0 saturated heterocycles. The Labute approximate surface area is 186 Å². The van der Waals surface area contributed by atoms with Crippen molar-refractivity contribution in [3.8, 4) is 11.1 Å². The number of fused-ring (bicyclic) bond motifs is 2. The van der Waals surface area contributed by atoms with Gasteiger partial charge in [0.2, 0.25) is 0 Å². The van der Waals surface area contributed by atoms with Crippen LogP contribution in [0.25, 0.3) is 27.7 Å². The summed E-state index contributed by atoms with van der Waals surface area (Å²) in [6.45, 7) is 3.21. The normalized spacial score (nSPS) is 13.2. The zero-order chi connectivity index (χ0) is 23.3. The van der Waals surface area contributed by atoms with Crippen molar-refractivity contribution in [2.75, 3.05) is 0 Å². The average Bonchev–Trinajstić information content (AvgIpc) is 3.44. The number of aryl methyl sites for hydroxylation is 1. The predicted octanol–water partition coefficient (Wildman–Crippen LogP) is 3.70. The first-order chi connectivity index (χ1) is 15.9. The molecule has 166 valence electrons. The highest BCUT2D eigenvalue weighted by molar-refractivity contribution is 5.96. The van der Waals surface area contributed by atoms with Crippen molar-refractivity contribution in [3.05, 3.63) is 71.6 Å². The van der Waals surface area contributed by atoms with Gasteiger partial charge >= 0.3 is 0 Å². The van der Waals surface area contributed by atoms with Gasteiger partial charge in [-0.2, -0.15) is 14.7 Å². The highest BCUT2D eigenvalue weighted by Crippen LogP contribution is 2.33. The van der Waals surface area contributed by atoms with E-state index in [4.69, 9.17) is 5.21 Å². The van der Waals surface area contributed by atoms with Crippen LogP contribution in [-0.4, -0.2) is 45.5 Å². The fraction of sp³-hybridized carbons (Fsp3) is 0.182. The summed E-state index contributed by atoms with van der Waals surface area (Å²) in [6, 6.07) is 6.10. The minimum absolute atomic E-state index is 0.165. The lowest BCUT2D eigenvalue weighted by molar-refractivity contribution is 0.319. The number of nitrogens with zero attached hydrogens (tertiary/aromatic N) is 8. The highest BCUT2D eigenvalue weighted by atomic mass is 19.1. The molecule has 0 amide bonds. The van der Waals surface area contributed by atoms with Crippen LogP contribution in [0.15, 0.2) is 48.0 Å². The van der Waals surface area contributed by atoms with Crippen LogP contribution in [0.1, 0.15) is 36.8 Å². The van der Waals surface area contributed by atoms with E-state index in [9.17, 15) is 0 Å². The lowest BCUT2D eigenvalue weighted by Gasteiger charge is -2.14. The number of pyridine rings is 1. The van der Waals surface area contributed by atoms with Crippen molar-refractivity contribution in [1.82, 2.24) is 34.6 Å². The van der Waals surface area contributed by atoms with E-state index in [0.717, 1.165) is 5.56 Å². The molecule has 4 aromatic heterocycles. The van der Waals surface area contributed by atoms with E-state index in [0.29, 0.717) is 16.9 Å². The van der Waals surface area contributed by atoms with Crippen LogP contribution in [-0.2, 0) is 7.05 Å². The molecule has 0 spiro atoms. The Hall–Kier alpha value is -4.28. The molecular formula is C22H18F2N8O. The summed E-state index contributed by atoms with van der Waals surface area (Å²) in [5.41, 5.74) is 2.53. The second kappa shape index (κ2) is 7.69. The van der Waals surface area contributed by atoms with Crippen LogP contribution in [0, 0.1) is 11.6 Å². The molecule has 4 heterocycles. The Morgan fingerprint density at radius 1 is 1.12 bits per heavy atom. The summed E-state index contributed by atoms with van der Waals surface area (Å²) < 4.78 is 33.8. The molecule has 9 nitrogen and oxygen atoms in total. The molecule has 0 bridgehead atoms. The molecule has 0 unspecified atom stereocenters. The van der Waals surface area contributed by atoms with Crippen LogP contribution in [0.3, 0.4) is 0 Å². The number of aromatic nitrogens is 7. The SMILES string of the molecule is C/C(=N\O)c1ccc2nnc([C@@H](C)c3c(F)cc4ncc(-c5cnn(C)c5)cc4c3F)n2n1. The molecule has 1 aromatic carbocycles. The maximum atomic E-state index is 15.7. The highest BCUT2D eigenvalue weighted by Gasteiger charge is 2.26. The van der Waals surface area contributed by atoms with Crippen LogP contribution < -0.4 is 0 Å². The molecule has 11 heteroatoms. The fourth-order valence-corrected chi connectivity index (χ4v) is 3.79. The quantitative estimate of drug-likeness (QED) is 0.255. The zero-order valence-electron chi connectivity index (χ0n) is 17.9. The molecule has 0 fully saturated rings. The average molecular weight is 448 g/mol. The third-order valence-electron chi connectivity index (χ3n) is 5.58. The van der Waals surface area contributed by atoms with Gasteiger partial charge in [0.05, 0.1) is 11.7 Å². The molecule has 5 aromatic rings. The third-order valence-corrected chi connectivity index (χ3v) is 5.58. The van der Waals surface area contributed by atoms with E-state index in [1.54, 1.807) is 62.4 Å². The Bertz CT molecular complexity index is 1560. The molecule has 1 N–H and O–H groups in total. The third kappa shape index (κ3) is 3.37. The number of halogens is 2. The molecule has 0 saturated carbocycles. The van der Waals surface area contributed by atoms with E-state index in [-0.39, 0.29) is 28.0 Å². The van der Waals surface area contributed by atoms with E-state index in [1.165, 1.54) is 10.6 Å². The van der Waals surface area contributed by atoms with E-state index in [1.807, 2.05) is 0 Å². The van der Waals surface area contributed by atoms with Crippen LogP contribution >= 0.6 is 0 Å². The van der Waals surface area contributed by atoms with Gasteiger partial charge in [-0.05, 0) is 25.1 Å². The number of benzene rings is 1. The Balaban J connectivity index is 1.66. The van der Waals surface area contributed by atoms with Gasteiger partial charge < -0.3 is 5.21 Å². The topological polar surface area (TPSA) is 106 Å². The Kier molecular flexibility index (Phi) is 4.81. The van der Waals surface area contributed by atoms with Crippen molar-refractivity contribution in [2.45, 2.75) is 19.8 Å². The van der Waals surface area contributed by atoms with Crippen LogP contribution in [0.4, 0.5) is 8.78 Å². The number of oxime groups is 1. The molecule has 0 aliphatic rings. The van der Waals surface area contributed by atoms with Gasteiger partial charge in [-0.1, -0.05) is 12.1 Å². The summed E-state index contributed by atoms with van der Waals surface area (Å²) in [5.74, 6) is -2.04. The van der Waals surface area contributed by atoms with Gasteiger partial charge in [0.25, 0.3) is 0 Å². The minimum Gasteiger partial charge on any atom is -0.411 e. The number of hydrogen-bond donors (Lipinski definition) is 1. The van der Waals surface area contributed by atoms with Crippen molar-refractivity contribution in [3.63, 3.8) is 0 Å². The van der Waals surface area contributed by atoms with Crippen LogP contribution in [0.2, 0.25) is 0 Å². The summed E-state index contributed by atoms with van der Waals surface area (Å²) in [5, 5.41) is 29.0. The molecule has 0 aliphatic carbocycles. The number of hydrogen-bond acceptors (Lipinski definition) is 7. The van der Waals surface area contributed by atoms with Gasteiger partial charge in [-0.3, -0.25) is 9.67 Å². The monoisotopic (exact) mass is 448 g/mol.